The highest BCUT2D eigenvalue weighted by Crippen LogP contribution is 2.20. The van der Waals surface area contributed by atoms with E-state index in [0.29, 0.717) is 0 Å². The van der Waals surface area contributed by atoms with E-state index in [-0.39, 0.29) is 0 Å². The predicted octanol–water partition coefficient (Wildman–Crippen LogP) is 4.89. The third-order valence-corrected chi connectivity index (χ3v) is 3.94. The SMILES string of the molecule is CCCC[N+](CCCC)(CCCC)CCCC.CP(C)(=O)[O-]. The Hall–Kier alpha value is 0.150. The first kappa shape index (κ1) is 24.4. The van der Waals surface area contributed by atoms with Crippen LogP contribution in [0.15, 0.2) is 0 Å². The molecule has 0 aliphatic heterocycles. The third kappa shape index (κ3) is 18.2. The quantitative estimate of drug-likeness (QED) is 0.376. The van der Waals surface area contributed by atoms with Gasteiger partial charge in [-0.1, -0.05) is 53.4 Å². The molecule has 136 valence electrons. The van der Waals surface area contributed by atoms with Crippen LogP contribution in [-0.2, 0) is 4.57 Å². The average molecular weight is 336 g/mol. The molecule has 0 radical (unpaired) electrons. The molecule has 0 atom stereocenters. The highest BCUT2D eigenvalue weighted by molar-refractivity contribution is 7.54. The number of hydrogen-bond acceptors (Lipinski definition) is 2. The van der Waals surface area contributed by atoms with Crippen LogP contribution in [0.1, 0.15) is 79.1 Å². The van der Waals surface area contributed by atoms with E-state index in [4.69, 9.17) is 0 Å². The van der Waals surface area contributed by atoms with Gasteiger partial charge in [-0.05, 0) is 39.0 Å². The Kier molecular flexibility index (Phi) is 16.3. The molecule has 0 rings (SSSR count). The summed E-state index contributed by atoms with van der Waals surface area (Å²) in [7, 11) is -2.89. The summed E-state index contributed by atoms with van der Waals surface area (Å²) >= 11 is 0. The number of unbranched alkanes of at least 4 members (excludes halogenated alkanes) is 4. The van der Waals surface area contributed by atoms with Crippen molar-refractivity contribution in [2.45, 2.75) is 79.1 Å². The van der Waals surface area contributed by atoms with Crippen LogP contribution in [0.4, 0.5) is 0 Å². The fourth-order valence-corrected chi connectivity index (χ4v) is 2.64. The molecule has 0 unspecified atom stereocenters. The molecule has 0 aromatic heterocycles. The summed E-state index contributed by atoms with van der Waals surface area (Å²) in [5, 5.41) is 0. The summed E-state index contributed by atoms with van der Waals surface area (Å²) in [6.07, 6.45) is 11.1. The normalized spacial score (nSPS) is 12.0. The Morgan fingerprint density at radius 3 is 1.00 bits per heavy atom. The first-order valence-electron chi connectivity index (χ1n) is 9.35. The van der Waals surface area contributed by atoms with Crippen molar-refractivity contribution in [1.82, 2.24) is 0 Å². The molecular formula is C18H42NO2P. The number of nitrogens with zero attached hydrogens (tertiary/aromatic N) is 1. The van der Waals surface area contributed by atoms with E-state index in [9.17, 15) is 9.46 Å². The van der Waals surface area contributed by atoms with Crippen LogP contribution in [0.3, 0.4) is 0 Å². The smallest absolute Gasteiger partial charge is 0.0786 e. The van der Waals surface area contributed by atoms with E-state index in [0.717, 1.165) is 0 Å². The van der Waals surface area contributed by atoms with Crippen LogP contribution < -0.4 is 4.89 Å². The van der Waals surface area contributed by atoms with Gasteiger partial charge in [0.15, 0.2) is 0 Å². The van der Waals surface area contributed by atoms with Crippen LogP contribution in [-0.4, -0.2) is 44.0 Å². The molecule has 0 amide bonds. The summed E-state index contributed by atoms with van der Waals surface area (Å²) in [4.78, 5) is 9.66. The van der Waals surface area contributed by atoms with E-state index >= 15 is 0 Å². The Labute approximate surface area is 140 Å². The largest absolute Gasteiger partial charge is 0.800 e. The number of quaternary nitrogens is 1. The van der Waals surface area contributed by atoms with Gasteiger partial charge in [0.2, 0.25) is 0 Å². The monoisotopic (exact) mass is 335 g/mol. The van der Waals surface area contributed by atoms with Crippen molar-refractivity contribution in [3.05, 3.63) is 0 Å². The Morgan fingerprint density at radius 2 is 0.864 bits per heavy atom. The minimum Gasteiger partial charge on any atom is -0.800 e. The Balaban J connectivity index is 0. The summed E-state index contributed by atoms with van der Waals surface area (Å²) in [6.45, 7) is 17.4. The third-order valence-electron chi connectivity index (χ3n) is 3.94. The van der Waals surface area contributed by atoms with Gasteiger partial charge in [0.1, 0.15) is 0 Å². The maximum Gasteiger partial charge on any atom is 0.0786 e. The number of hydrogen-bond donors (Lipinski definition) is 0. The molecule has 4 heteroatoms. The molecule has 0 spiro atoms. The van der Waals surface area contributed by atoms with Crippen molar-refractivity contribution in [2.24, 2.45) is 0 Å². The Morgan fingerprint density at radius 1 is 0.682 bits per heavy atom. The van der Waals surface area contributed by atoms with E-state index in [1.807, 2.05) is 0 Å². The predicted molar refractivity (Wildman–Crippen MR) is 98.8 cm³/mol. The summed E-state index contributed by atoms with van der Waals surface area (Å²) in [6, 6.07) is 0. The second-order valence-corrected chi connectivity index (χ2v) is 9.41. The van der Waals surface area contributed by atoms with Gasteiger partial charge in [0.25, 0.3) is 0 Å². The minimum atomic E-state index is -2.89. The van der Waals surface area contributed by atoms with Gasteiger partial charge in [0, 0.05) is 7.37 Å². The zero-order valence-corrected chi connectivity index (χ0v) is 17.1. The molecule has 0 saturated carbocycles. The lowest BCUT2D eigenvalue weighted by atomic mass is 10.1. The first-order valence-corrected chi connectivity index (χ1v) is 11.9. The second-order valence-electron chi connectivity index (χ2n) is 6.90. The zero-order valence-electron chi connectivity index (χ0n) is 16.2. The van der Waals surface area contributed by atoms with Crippen LogP contribution in [0, 0.1) is 0 Å². The van der Waals surface area contributed by atoms with Crippen LogP contribution >= 0.6 is 7.37 Å². The molecule has 0 aliphatic carbocycles. The average Bonchev–Trinajstić information content (AvgIpc) is 2.44. The molecule has 0 heterocycles. The second kappa shape index (κ2) is 14.7. The molecule has 22 heavy (non-hydrogen) atoms. The van der Waals surface area contributed by atoms with Crippen LogP contribution in [0.5, 0.6) is 0 Å². The van der Waals surface area contributed by atoms with Crippen molar-refractivity contribution in [3.63, 3.8) is 0 Å². The van der Waals surface area contributed by atoms with Gasteiger partial charge < -0.3 is 13.9 Å². The van der Waals surface area contributed by atoms with Crippen molar-refractivity contribution in [2.75, 3.05) is 39.5 Å². The van der Waals surface area contributed by atoms with E-state index < -0.39 is 7.37 Å². The van der Waals surface area contributed by atoms with Gasteiger partial charge in [-0.25, -0.2) is 0 Å². The van der Waals surface area contributed by atoms with Gasteiger partial charge >= 0.3 is 0 Å². The van der Waals surface area contributed by atoms with Gasteiger partial charge in [-0.2, -0.15) is 0 Å². The van der Waals surface area contributed by atoms with Gasteiger partial charge in [-0.3, -0.25) is 0 Å². The highest BCUT2D eigenvalue weighted by Gasteiger charge is 2.24. The van der Waals surface area contributed by atoms with Crippen molar-refractivity contribution < 1.29 is 13.9 Å². The molecule has 3 nitrogen and oxygen atoms in total. The molecular weight excluding hydrogens is 293 g/mol. The fraction of sp³-hybridized carbons (Fsp3) is 1.00. The van der Waals surface area contributed by atoms with Gasteiger partial charge in [0.05, 0.1) is 26.2 Å². The molecule has 0 fully saturated rings. The molecule has 0 aromatic carbocycles. The standard InChI is InChI=1S/C16H36N.C2H7O2P/c1-5-9-13-17(14-10-6-2,15-11-7-3)16-12-8-4;1-5(2,3)4/h5-16H2,1-4H3;1-2H3,(H,3,4)/q+1;/p-1. The van der Waals surface area contributed by atoms with E-state index in [1.165, 1.54) is 95.4 Å². The van der Waals surface area contributed by atoms with Crippen LogP contribution in [0.2, 0.25) is 0 Å². The maximum absolute atomic E-state index is 9.66. The lowest BCUT2D eigenvalue weighted by Crippen LogP contribution is -2.50. The summed E-state index contributed by atoms with van der Waals surface area (Å²) in [5.74, 6) is 0. The van der Waals surface area contributed by atoms with E-state index in [1.54, 1.807) is 0 Å². The first-order chi connectivity index (χ1) is 10.2. The van der Waals surface area contributed by atoms with Crippen molar-refractivity contribution in [1.29, 1.82) is 0 Å². The molecule has 0 bridgehead atoms. The summed E-state index contributed by atoms with van der Waals surface area (Å²) < 4.78 is 11.1. The zero-order chi connectivity index (χ0) is 17.5. The maximum atomic E-state index is 9.66. The lowest BCUT2D eigenvalue weighted by molar-refractivity contribution is -0.929. The van der Waals surface area contributed by atoms with Crippen LogP contribution in [0.25, 0.3) is 0 Å². The molecule has 0 aromatic rings. The van der Waals surface area contributed by atoms with Crippen molar-refractivity contribution >= 4 is 7.37 Å². The number of rotatable bonds is 12. The minimum absolute atomic E-state index is 1.19. The summed E-state index contributed by atoms with van der Waals surface area (Å²) in [5.41, 5.74) is 0. The fourth-order valence-electron chi connectivity index (χ4n) is 2.64. The van der Waals surface area contributed by atoms with E-state index in [2.05, 4.69) is 27.7 Å². The highest BCUT2D eigenvalue weighted by atomic mass is 31.2. The molecule has 0 aliphatic rings. The van der Waals surface area contributed by atoms with Crippen molar-refractivity contribution in [3.8, 4) is 0 Å². The van der Waals surface area contributed by atoms with Gasteiger partial charge in [-0.15, -0.1) is 0 Å². The topological polar surface area (TPSA) is 40.1 Å². The molecule has 0 N–H and O–H groups in total. The lowest BCUT2D eigenvalue weighted by Gasteiger charge is -2.39. The Bertz CT molecular complexity index is 230. The molecule has 0 saturated heterocycles.